The van der Waals surface area contributed by atoms with Gasteiger partial charge in [-0.1, -0.05) is 13.0 Å². The maximum Gasteiger partial charge on any atom is 0.253 e. The van der Waals surface area contributed by atoms with Crippen molar-refractivity contribution in [2.75, 3.05) is 13.1 Å². The molecule has 3 nitrogen and oxygen atoms in total. The molecule has 0 radical (unpaired) electrons. The Bertz CT molecular complexity index is 513. The van der Waals surface area contributed by atoms with E-state index in [1.54, 1.807) is 24.0 Å². The molecule has 19 heavy (non-hydrogen) atoms. The van der Waals surface area contributed by atoms with Gasteiger partial charge in [0, 0.05) is 31.0 Å². The molecule has 1 fully saturated rings. The van der Waals surface area contributed by atoms with Gasteiger partial charge >= 0.3 is 0 Å². The first-order valence-corrected chi connectivity index (χ1v) is 6.61. The monoisotopic (exact) mass is 263 g/mol. The number of likely N-dealkylation sites (tertiary alicyclic amines) is 1. The summed E-state index contributed by atoms with van der Waals surface area (Å²) in [5, 5.41) is 0. The number of aryl methyl sites for hydroxylation is 1. The van der Waals surface area contributed by atoms with Crippen molar-refractivity contribution < 1.29 is 14.0 Å². The van der Waals surface area contributed by atoms with Gasteiger partial charge in [0.15, 0.2) is 0 Å². The maximum atomic E-state index is 13.5. The summed E-state index contributed by atoms with van der Waals surface area (Å²) in [5.74, 6) is -0.412. The van der Waals surface area contributed by atoms with Gasteiger partial charge in [-0.05, 0) is 31.0 Å². The Morgan fingerprint density at radius 2 is 2.21 bits per heavy atom. The SMILES string of the molecule is CCC1CN(C(=O)c2ccc(C)c(F)c2)CCC1=O. The number of carbonyl (C=O) groups excluding carboxylic acids is 2. The molecule has 0 aromatic heterocycles. The minimum atomic E-state index is -0.369. The third-order valence-corrected chi connectivity index (χ3v) is 3.72. The maximum absolute atomic E-state index is 13.5. The lowest BCUT2D eigenvalue weighted by Crippen LogP contribution is -2.43. The van der Waals surface area contributed by atoms with Gasteiger partial charge in [0.05, 0.1) is 0 Å². The van der Waals surface area contributed by atoms with Crippen LogP contribution in [-0.2, 0) is 4.79 Å². The second-order valence-electron chi connectivity index (χ2n) is 5.04. The predicted molar refractivity (Wildman–Crippen MR) is 70.4 cm³/mol. The van der Waals surface area contributed by atoms with Crippen LogP contribution in [0.2, 0.25) is 0 Å². The van der Waals surface area contributed by atoms with E-state index in [4.69, 9.17) is 0 Å². The summed E-state index contributed by atoms with van der Waals surface area (Å²) in [6.45, 7) is 4.49. The molecule has 0 N–H and O–H groups in total. The van der Waals surface area contributed by atoms with Gasteiger partial charge in [0.2, 0.25) is 0 Å². The second-order valence-corrected chi connectivity index (χ2v) is 5.04. The first-order valence-electron chi connectivity index (χ1n) is 6.61. The van der Waals surface area contributed by atoms with Gasteiger partial charge in [0.1, 0.15) is 11.6 Å². The zero-order valence-corrected chi connectivity index (χ0v) is 11.3. The Balaban J connectivity index is 2.15. The Labute approximate surface area is 112 Å². The molecule has 1 aliphatic heterocycles. The van der Waals surface area contributed by atoms with E-state index in [1.807, 2.05) is 6.92 Å². The van der Waals surface area contributed by atoms with Crippen molar-refractivity contribution in [1.29, 1.82) is 0 Å². The summed E-state index contributed by atoms with van der Waals surface area (Å²) < 4.78 is 13.5. The van der Waals surface area contributed by atoms with Gasteiger partial charge in [0.25, 0.3) is 5.91 Å². The average molecular weight is 263 g/mol. The molecule has 1 aliphatic rings. The molecular weight excluding hydrogens is 245 g/mol. The fourth-order valence-corrected chi connectivity index (χ4v) is 2.36. The summed E-state index contributed by atoms with van der Waals surface area (Å²) in [6.07, 6.45) is 1.14. The van der Waals surface area contributed by atoms with E-state index in [-0.39, 0.29) is 23.4 Å². The van der Waals surface area contributed by atoms with Crippen LogP contribution < -0.4 is 0 Å². The number of ketones is 1. The highest BCUT2D eigenvalue weighted by atomic mass is 19.1. The fourth-order valence-electron chi connectivity index (χ4n) is 2.36. The van der Waals surface area contributed by atoms with Crippen LogP contribution in [0.3, 0.4) is 0 Å². The predicted octanol–water partition coefficient (Wildman–Crippen LogP) is 2.58. The van der Waals surface area contributed by atoms with Crippen molar-refractivity contribution >= 4 is 11.7 Å². The van der Waals surface area contributed by atoms with Crippen LogP contribution in [-0.4, -0.2) is 29.7 Å². The molecule has 0 spiro atoms. The Morgan fingerprint density at radius 3 is 2.84 bits per heavy atom. The van der Waals surface area contributed by atoms with E-state index in [1.165, 1.54) is 6.07 Å². The molecule has 1 aromatic rings. The number of piperidine rings is 1. The second kappa shape index (κ2) is 5.51. The molecule has 0 bridgehead atoms. The first kappa shape index (κ1) is 13.7. The molecular formula is C15H18FNO2. The molecule has 0 saturated carbocycles. The molecule has 2 rings (SSSR count). The van der Waals surface area contributed by atoms with E-state index in [2.05, 4.69) is 0 Å². The largest absolute Gasteiger partial charge is 0.337 e. The van der Waals surface area contributed by atoms with Crippen LogP contribution in [0.1, 0.15) is 35.7 Å². The molecule has 0 aliphatic carbocycles. The lowest BCUT2D eigenvalue weighted by molar-refractivity contribution is -0.125. The first-order chi connectivity index (χ1) is 9.02. The van der Waals surface area contributed by atoms with E-state index in [0.717, 1.165) is 6.42 Å². The Morgan fingerprint density at radius 1 is 1.47 bits per heavy atom. The molecule has 1 atom stereocenters. The van der Waals surface area contributed by atoms with Crippen LogP contribution in [0.4, 0.5) is 4.39 Å². The molecule has 1 aromatic carbocycles. The summed E-state index contributed by atoms with van der Waals surface area (Å²) in [5.41, 5.74) is 0.879. The highest BCUT2D eigenvalue weighted by molar-refractivity contribution is 5.95. The summed E-state index contributed by atoms with van der Waals surface area (Å²) in [6, 6.07) is 4.52. The van der Waals surface area contributed by atoms with Gasteiger partial charge in [-0.2, -0.15) is 0 Å². The lowest BCUT2D eigenvalue weighted by Gasteiger charge is -2.31. The number of amides is 1. The minimum absolute atomic E-state index is 0.0759. The van der Waals surface area contributed by atoms with Gasteiger partial charge in [-0.15, -0.1) is 0 Å². The van der Waals surface area contributed by atoms with Crippen molar-refractivity contribution in [3.63, 3.8) is 0 Å². The molecule has 102 valence electrons. The Kier molecular flexibility index (Phi) is 3.98. The van der Waals surface area contributed by atoms with Crippen LogP contribution in [0.15, 0.2) is 18.2 Å². The van der Waals surface area contributed by atoms with E-state index in [9.17, 15) is 14.0 Å². The number of carbonyl (C=O) groups is 2. The number of Topliss-reactive ketones (excluding diaryl/α,β-unsaturated/α-hetero) is 1. The molecule has 1 heterocycles. The van der Waals surface area contributed by atoms with Gasteiger partial charge < -0.3 is 4.90 Å². The average Bonchev–Trinajstić information content (AvgIpc) is 2.41. The van der Waals surface area contributed by atoms with Crippen molar-refractivity contribution in [1.82, 2.24) is 4.90 Å². The summed E-state index contributed by atoms with van der Waals surface area (Å²) in [7, 11) is 0. The zero-order valence-electron chi connectivity index (χ0n) is 11.3. The van der Waals surface area contributed by atoms with Crippen molar-refractivity contribution in [2.24, 2.45) is 5.92 Å². The fraction of sp³-hybridized carbons (Fsp3) is 0.467. The highest BCUT2D eigenvalue weighted by Crippen LogP contribution is 2.19. The third-order valence-electron chi connectivity index (χ3n) is 3.72. The number of benzene rings is 1. The topological polar surface area (TPSA) is 37.4 Å². The third kappa shape index (κ3) is 2.83. The normalized spacial score (nSPS) is 19.6. The standard InChI is InChI=1S/C15H18FNO2/c1-3-11-9-17(7-6-14(11)18)15(19)12-5-4-10(2)13(16)8-12/h4-5,8,11H,3,6-7,9H2,1-2H3. The number of nitrogens with zero attached hydrogens (tertiary/aromatic N) is 1. The van der Waals surface area contributed by atoms with E-state index in [0.29, 0.717) is 30.6 Å². The van der Waals surface area contributed by atoms with Gasteiger partial charge in [-0.3, -0.25) is 9.59 Å². The molecule has 4 heteroatoms. The van der Waals surface area contributed by atoms with E-state index >= 15 is 0 Å². The van der Waals surface area contributed by atoms with Crippen LogP contribution in [0.25, 0.3) is 0 Å². The highest BCUT2D eigenvalue weighted by Gasteiger charge is 2.29. The van der Waals surface area contributed by atoms with Crippen LogP contribution >= 0.6 is 0 Å². The lowest BCUT2D eigenvalue weighted by atomic mass is 9.93. The molecule has 1 amide bonds. The zero-order chi connectivity index (χ0) is 14.0. The van der Waals surface area contributed by atoms with Crippen molar-refractivity contribution in [3.05, 3.63) is 35.1 Å². The minimum Gasteiger partial charge on any atom is -0.337 e. The summed E-state index contributed by atoms with van der Waals surface area (Å²) in [4.78, 5) is 25.6. The number of hydrogen-bond donors (Lipinski definition) is 0. The van der Waals surface area contributed by atoms with Gasteiger partial charge in [-0.25, -0.2) is 4.39 Å². The van der Waals surface area contributed by atoms with Crippen LogP contribution in [0.5, 0.6) is 0 Å². The molecule has 1 unspecified atom stereocenters. The smallest absolute Gasteiger partial charge is 0.253 e. The van der Waals surface area contributed by atoms with Crippen LogP contribution in [0, 0.1) is 18.7 Å². The number of halogens is 1. The Hall–Kier alpha value is -1.71. The number of hydrogen-bond acceptors (Lipinski definition) is 2. The van der Waals surface area contributed by atoms with Crippen molar-refractivity contribution in [2.45, 2.75) is 26.7 Å². The van der Waals surface area contributed by atoms with Crippen molar-refractivity contribution in [3.8, 4) is 0 Å². The molecule has 1 saturated heterocycles. The van der Waals surface area contributed by atoms with E-state index < -0.39 is 0 Å². The summed E-state index contributed by atoms with van der Waals surface area (Å²) >= 11 is 0. The number of rotatable bonds is 2. The quantitative estimate of drug-likeness (QED) is 0.822.